The molecule has 0 aliphatic rings. The molecule has 5 aromatic carbocycles. The summed E-state index contributed by atoms with van der Waals surface area (Å²) in [5.41, 5.74) is 5.92. The molecule has 0 fully saturated rings. The summed E-state index contributed by atoms with van der Waals surface area (Å²) in [5, 5.41) is 7.82. The lowest BCUT2D eigenvalue weighted by molar-refractivity contribution is 0.402. The molecule has 212 valence electrons. The molecule has 10 rings (SSSR count). The fourth-order valence-corrected chi connectivity index (χ4v) is 8.21. The fourth-order valence-electron chi connectivity index (χ4n) is 7.08. The number of aromatic nitrogens is 4. The number of alkyl halides is 1. The normalized spacial score (nSPS) is 12.9. The summed E-state index contributed by atoms with van der Waals surface area (Å²) in [7, 11) is 0. The first-order valence-corrected chi connectivity index (χ1v) is 15.8. The summed E-state index contributed by atoms with van der Waals surface area (Å²) < 4.78 is 23.4. The third-order valence-electron chi connectivity index (χ3n) is 9.12. The highest BCUT2D eigenvalue weighted by molar-refractivity contribution is 7.25. The van der Waals surface area contributed by atoms with Crippen LogP contribution in [0, 0.1) is 0 Å². The van der Waals surface area contributed by atoms with Crippen LogP contribution in [0.5, 0.6) is 0 Å². The van der Waals surface area contributed by atoms with Crippen molar-refractivity contribution in [3.05, 3.63) is 145 Å². The Balaban J connectivity index is 1.16. The predicted octanol–water partition coefficient (Wildman–Crippen LogP) is 10.6. The molecule has 0 aliphatic heterocycles. The number of hydrogen-bond donors (Lipinski definition) is 0. The van der Waals surface area contributed by atoms with E-state index in [9.17, 15) is 0 Å². The van der Waals surface area contributed by atoms with Crippen LogP contribution in [0.4, 0.5) is 4.39 Å². The van der Waals surface area contributed by atoms with Gasteiger partial charge in [0, 0.05) is 66.0 Å². The number of para-hydroxylation sites is 1. The molecule has 5 aromatic heterocycles. The largest absolute Gasteiger partial charge is 0.299 e. The Morgan fingerprint density at radius 2 is 1.36 bits per heavy atom. The topological polar surface area (TPSA) is 35.1 Å². The van der Waals surface area contributed by atoms with Gasteiger partial charge in [-0.3, -0.25) is 8.97 Å². The maximum atomic E-state index is 16.6. The lowest BCUT2D eigenvalue weighted by Crippen LogP contribution is -2.00. The third kappa shape index (κ3) is 3.51. The van der Waals surface area contributed by atoms with Crippen LogP contribution in [0.1, 0.15) is 17.3 Å². The Morgan fingerprint density at radius 1 is 0.533 bits per heavy atom. The molecule has 0 spiro atoms. The minimum absolute atomic E-state index is 0.597. The van der Waals surface area contributed by atoms with Gasteiger partial charge in [-0.15, -0.1) is 11.3 Å². The molecule has 0 bridgehead atoms. The van der Waals surface area contributed by atoms with Crippen molar-refractivity contribution in [3.63, 3.8) is 0 Å². The zero-order valence-electron chi connectivity index (χ0n) is 23.9. The quantitative estimate of drug-likeness (QED) is 0.190. The van der Waals surface area contributed by atoms with Crippen LogP contribution in [0.25, 0.3) is 75.1 Å². The maximum absolute atomic E-state index is 16.6. The van der Waals surface area contributed by atoms with Crippen LogP contribution < -0.4 is 0 Å². The second-order valence-electron chi connectivity index (χ2n) is 11.6. The zero-order valence-corrected chi connectivity index (χ0v) is 24.7. The van der Waals surface area contributed by atoms with Gasteiger partial charge in [-0.05, 0) is 71.1 Å². The number of halogens is 1. The first-order valence-electron chi connectivity index (χ1n) is 15.0. The lowest BCUT2D eigenvalue weighted by Gasteiger charge is -2.14. The first-order chi connectivity index (χ1) is 22.2. The minimum atomic E-state index is -1.32. The highest BCUT2D eigenvalue weighted by Crippen LogP contribution is 2.41. The van der Waals surface area contributed by atoms with Crippen molar-refractivity contribution in [1.29, 1.82) is 0 Å². The van der Waals surface area contributed by atoms with Gasteiger partial charge in [0.05, 0.1) is 11.0 Å². The summed E-state index contributed by atoms with van der Waals surface area (Å²) in [6, 6.07) is 39.2. The summed E-state index contributed by atoms with van der Waals surface area (Å²) in [5.74, 6) is 0. The summed E-state index contributed by atoms with van der Waals surface area (Å²) in [6.07, 6.45) is 4.28. The number of thiophene rings is 1. The third-order valence-corrected chi connectivity index (χ3v) is 10.3. The van der Waals surface area contributed by atoms with E-state index >= 15 is 4.39 Å². The second kappa shape index (κ2) is 9.21. The van der Waals surface area contributed by atoms with Gasteiger partial charge in [-0.2, -0.15) is 0 Å². The van der Waals surface area contributed by atoms with E-state index in [-0.39, 0.29) is 0 Å². The average Bonchev–Trinajstić information content (AvgIpc) is 3.81. The molecular weight excluding hydrogens is 576 g/mol. The molecule has 45 heavy (non-hydrogen) atoms. The van der Waals surface area contributed by atoms with Crippen molar-refractivity contribution in [3.8, 4) is 5.69 Å². The standard InChI is InChI=1S/C39H23FN4S/c40-37(24-14-15-26-27-9-1-3-12-33(27)43-18-17-42-38(43)32(26)20-24)23-7-5-8-25(19-23)44-34-21-31-28-10-2-4-13-35(28)45-36(31)22-30(34)29-11-6-16-41-39(29)44/h1-22,37H. The molecule has 0 saturated heterocycles. The van der Waals surface area contributed by atoms with Crippen molar-refractivity contribution in [2.24, 2.45) is 0 Å². The van der Waals surface area contributed by atoms with Gasteiger partial charge in [-0.1, -0.05) is 60.7 Å². The number of fused-ring (bicyclic) bond motifs is 12. The molecule has 0 N–H and O–H groups in total. The molecule has 4 nitrogen and oxygen atoms in total. The molecule has 0 radical (unpaired) electrons. The zero-order chi connectivity index (χ0) is 29.6. The minimum Gasteiger partial charge on any atom is -0.299 e. The smallest absolute Gasteiger partial charge is 0.150 e. The van der Waals surface area contributed by atoms with Crippen molar-refractivity contribution < 1.29 is 4.39 Å². The van der Waals surface area contributed by atoms with E-state index in [1.54, 1.807) is 6.20 Å². The van der Waals surface area contributed by atoms with E-state index in [4.69, 9.17) is 4.98 Å². The Kier molecular flexibility index (Phi) is 5.08. The van der Waals surface area contributed by atoms with Crippen LogP contribution >= 0.6 is 11.3 Å². The monoisotopic (exact) mass is 598 g/mol. The van der Waals surface area contributed by atoms with E-state index in [0.717, 1.165) is 54.9 Å². The Labute approximate surface area is 260 Å². The average molecular weight is 599 g/mol. The molecule has 0 aliphatic carbocycles. The Morgan fingerprint density at radius 3 is 2.31 bits per heavy atom. The van der Waals surface area contributed by atoms with Crippen LogP contribution in [-0.2, 0) is 0 Å². The molecular formula is C39H23FN4S. The van der Waals surface area contributed by atoms with E-state index in [2.05, 4.69) is 68.5 Å². The van der Waals surface area contributed by atoms with Crippen molar-refractivity contribution in [2.45, 2.75) is 6.17 Å². The van der Waals surface area contributed by atoms with Crippen LogP contribution in [-0.4, -0.2) is 18.9 Å². The van der Waals surface area contributed by atoms with Crippen molar-refractivity contribution in [2.75, 3.05) is 0 Å². The number of imidazole rings is 1. The van der Waals surface area contributed by atoms with Gasteiger partial charge in [0.2, 0.25) is 0 Å². The number of benzene rings is 5. The molecule has 10 aromatic rings. The van der Waals surface area contributed by atoms with Gasteiger partial charge in [0.25, 0.3) is 0 Å². The molecule has 1 unspecified atom stereocenters. The molecule has 5 heterocycles. The van der Waals surface area contributed by atoms with Crippen molar-refractivity contribution >= 4 is 80.8 Å². The highest BCUT2D eigenvalue weighted by Gasteiger charge is 2.20. The van der Waals surface area contributed by atoms with Crippen LogP contribution in [0.3, 0.4) is 0 Å². The Bertz CT molecular complexity index is 2810. The van der Waals surface area contributed by atoms with Gasteiger partial charge < -0.3 is 0 Å². The second-order valence-corrected chi connectivity index (χ2v) is 12.7. The van der Waals surface area contributed by atoms with E-state index < -0.39 is 6.17 Å². The maximum Gasteiger partial charge on any atom is 0.150 e. The predicted molar refractivity (Wildman–Crippen MR) is 185 cm³/mol. The molecule has 1 atom stereocenters. The highest BCUT2D eigenvalue weighted by atomic mass is 32.1. The number of hydrogen-bond acceptors (Lipinski definition) is 3. The summed E-state index contributed by atoms with van der Waals surface area (Å²) in [6.45, 7) is 0. The van der Waals surface area contributed by atoms with Gasteiger partial charge in [0.1, 0.15) is 11.3 Å². The SMILES string of the molecule is FC(c1cccc(-n2c3cc4c(cc3c3cccnc32)sc2ccccc24)c1)c1ccc2c3ccccc3n3ccnc3c2c1. The number of pyridine rings is 2. The first kappa shape index (κ1) is 24.8. The van der Waals surface area contributed by atoms with E-state index in [0.29, 0.717) is 11.1 Å². The van der Waals surface area contributed by atoms with E-state index in [1.807, 2.05) is 84.4 Å². The van der Waals surface area contributed by atoms with Gasteiger partial charge in [-0.25, -0.2) is 14.4 Å². The molecule has 0 amide bonds. The van der Waals surface area contributed by atoms with Crippen LogP contribution in [0.15, 0.2) is 134 Å². The van der Waals surface area contributed by atoms with Gasteiger partial charge in [0.15, 0.2) is 6.17 Å². The lowest BCUT2D eigenvalue weighted by atomic mass is 9.98. The number of nitrogens with zero attached hydrogens (tertiary/aromatic N) is 4. The summed E-state index contributed by atoms with van der Waals surface area (Å²) in [4.78, 5) is 9.45. The van der Waals surface area contributed by atoms with E-state index in [1.165, 1.54) is 20.2 Å². The Hall–Kier alpha value is -5.59. The van der Waals surface area contributed by atoms with Crippen LogP contribution in [0.2, 0.25) is 0 Å². The van der Waals surface area contributed by atoms with Gasteiger partial charge >= 0.3 is 0 Å². The van der Waals surface area contributed by atoms with Crippen molar-refractivity contribution in [1.82, 2.24) is 18.9 Å². The summed E-state index contributed by atoms with van der Waals surface area (Å²) >= 11 is 1.81. The fraction of sp³-hybridized carbons (Fsp3) is 0.0256. The molecule has 6 heteroatoms. The number of rotatable bonds is 3. The molecule has 0 saturated carbocycles.